The van der Waals surface area contributed by atoms with Crippen molar-refractivity contribution in [1.82, 2.24) is 9.88 Å². The highest BCUT2D eigenvalue weighted by Crippen LogP contribution is 2.22. The molecule has 0 aromatic carbocycles. The third-order valence-corrected chi connectivity index (χ3v) is 3.54. The summed E-state index contributed by atoms with van der Waals surface area (Å²) >= 11 is 0. The van der Waals surface area contributed by atoms with Gasteiger partial charge < -0.3 is 10.6 Å². The average Bonchev–Trinajstić information content (AvgIpc) is 2.40. The summed E-state index contributed by atoms with van der Waals surface area (Å²) in [7, 11) is 0. The molecule has 1 atom stereocenters. The maximum Gasteiger partial charge on any atom is 0.255 e. The Morgan fingerprint density at radius 2 is 2.33 bits per heavy atom. The number of nitrogens with zero attached hydrogens (tertiary/aromatic N) is 2. The van der Waals surface area contributed by atoms with Crippen LogP contribution in [0.1, 0.15) is 49.4 Å². The number of piperidine rings is 1. The summed E-state index contributed by atoms with van der Waals surface area (Å²) < 4.78 is 0. The molecule has 0 radical (unpaired) electrons. The molecule has 1 aromatic rings. The minimum absolute atomic E-state index is 0.0978. The molecular weight excluding hydrogens is 226 g/mol. The molecule has 1 amide bonds. The molecule has 18 heavy (non-hydrogen) atoms. The van der Waals surface area contributed by atoms with E-state index in [1.54, 1.807) is 18.3 Å². The lowest BCUT2D eigenvalue weighted by Crippen LogP contribution is -2.43. The number of amides is 1. The summed E-state index contributed by atoms with van der Waals surface area (Å²) in [5.74, 6) is 0.552. The van der Waals surface area contributed by atoms with Crippen molar-refractivity contribution in [2.24, 2.45) is 0 Å². The Kier molecular flexibility index (Phi) is 4.18. The lowest BCUT2D eigenvalue weighted by Gasteiger charge is -2.35. The van der Waals surface area contributed by atoms with Crippen LogP contribution in [-0.4, -0.2) is 28.4 Å². The molecule has 1 fully saturated rings. The number of hydrogen-bond donors (Lipinski definition) is 1. The van der Waals surface area contributed by atoms with Gasteiger partial charge in [-0.15, -0.1) is 0 Å². The van der Waals surface area contributed by atoms with E-state index >= 15 is 0 Å². The van der Waals surface area contributed by atoms with E-state index in [1.807, 2.05) is 4.90 Å². The van der Waals surface area contributed by atoms with Crippen LogP contribution in [0.25, 0.3) is 0 Å². The standard InChI is InChI=1S/C14H21N3O/c1-2-5-12-6-3-4-9-17(12)14(18)11-7-8-13(15)16-10-11/h7-8,10,12H,2-6,9H2,1H3,(H2,15,16). The van der Waals surface area contributed by atoms with Gasteiger partial charge in [0.2, 0.25) is 0 Å². The van der Waals surface area contributed by atoms with Crippen LogP contribution in [-0.2, 0) is 0 Å². The van der Waals surface area contributed by atoms with Gasteiger partial charge in [-0.2, -0.15) is 0 Å². The lowest BCUT2D eigenvalue weighted by molar-refractivity contribution is 0.0600. The number of likely N-dealkylation sites (tertiary alicyclic amines) is 1. The van der Waals surface area contributed by atoms with Gasteiger partial charge in [0.25, 0.3) is 5.91 Å². The Balaban J connectivity index is 2.12. The number of hydrogen-bond acceptors (Lipinski definition) is 3. The molecule has 0 saturated carbocycles. The van der Waals surface area contributed by atoms with Crippen molar-refractivity contribution in [3.05, 3.63) is 23.9 Å². The molecule has 1 saturated heterocycles. The van der Waals surface area contributed by atoms with Gasteiger partial charge in [-0.25, -0.2) is 4.98 Å². The Morgan fingerprint density at radius 3 is 3.00 bits per heavy atom. The summed E-state index contributed by atoms with van der Waals surface area (Å²) in [5.41, 5.74) is 6.19. The van der Waals surface area contributed by atoms with Gasteiger partial charge in [0.05, 0.1) is 5.56 Å². The number of nitrogen functional groups attached to an aromatic ring is 1. The van der Waals surface area contributed by atoms with Crippen LogP contribution in [0.3, 0.4) is 0 Å². The smallest absolute Gasteiger partial charge is 0.255 e. The first-order valence-corrected chi connectivity index (χ1v) is 6.75. The first-order valence-electron chi connectivity index (χ1n) is 6.75. The SMILES string of the molecule is CCCC1CCCCN1C(=O)c1ccc(N)nc1. The molecular formula is C14H21N3O. The molecule has 0 spiro atoms. The van der Waals surface area contributed by atoms with Gasteiger partial charge in [-0.05, 0) is 37.8 Å². The predicted octanol–water partition coefficient (Wildman–Crippen LogP) is 2.46. The Hall–Kier alpha value is -1.58. The summed E-state index contributed by atoms with van der Waals surface area (Å²) in [6.07, 6.45) is 7.25. The largest absolute Gasteiger partial charge is 0.384 e. The summed E-state index contributed by atoms with van der Waals surface area (Å²) in [5, 5.41) is 0. The number of rotatable bonds is 3. The van der Waals surface area contributed by atoms with Crippen molar-refractivity contribution in [3.8, 4) is 0 Å². The molecule has 1 aliphatic rings. The second-order valence-electron chi connectivity index (χ2n) is 4.91. The fourth-order valence-corrected chi connectivity index (χ4v) is 2.60. The predicted molar refractivity (Wildman–Crippen MR) is 72.2 cm³/mol. The highest BCUT2D eigenvalue weighted by Gasteiger charge is 2.26. The van der Waals surface area contributed by atoms with Crippen molar-refractivity contribution in [1.29, 1.82) is 0 Å². The van der Waals surface area contributed by atoms with Gasteiger partial charge in [-0.3, -0.25) is 4.79 Å². The van der Waals surface area contributed by atoms with E-state index in [1.165, 1.54) is 6.42 Å². The van der Waals surface area contributed by atoms with Crippen molar-refractivity contribution in [2.75, 3.05) is 12.3 Å². The van der Waals surface area contributed by atoms with Crippen molar-refractivity contribution < 1.29 is 4.79 Å². The first-order chi connectivity index (χ1) is 8.72. The van der Waals surface area contributed by atoms with Crippen LogP contribution in [0.5, 0.6) is 0 Å². The number of pyridine rings is 1. The number of aromatic nitrogens is 1. The van der Waals surface area contributed by atoms with Gasteiger partial charge in [0.15, 0.2) is 0 Å². The Bertz CT molecular complexity index is 400. The third kappa shape index (κ3) is 2.81. The molecule has 4 nitrogen and oxygen atoms in total. The zero-order valence-corrected chi connectivity index (χ0v) is 10.9. The van der Waals surface area contributed by atoms with Gasteiger partial charge in [0.1, 0.15) is 5.82 Å². The highest BCUT2D eigenvalue weighted by atomic mass is 16.2. The highest BCUT2D eigenvalue weighted by molar-refractivity contribution is 5.94. The Morgan fingerprint density at radius 1 is 1.50 bits per heavy atom. The normalized spacial score (nSPS) is 19.8. The minimum atomic E-state index is 0.0978. The van der Waals surface area contributed by atoms with Crippen molar-refractivity contribution in [2.45, 2.75) is 45.1 Å². The van der Waals surface area contributed by atoms with Crippen molar-refractivity contribution >= 4 is 11.7 Å². The second kappa shape index (κ2) is 5.85. The quantitative estimate of drug-likeness (QED) is 0.892. The Labute approximate surface area is 108 Å². The second-order valence-corrected chi connectivity index (χ2v) is 4.91. The first kappa shape index (κ1) is 12.9. The van der Waals surface area contributed by atoms with E-state index in [0.29, 0.717) is 17.4 Å². The number of anilines is 1. The molecule has 2 rings (SSSR count). The van der Waals surface area contributed by atoms with E-state index in [-0.39, 0.29) is 5.91 Å². The summed E-state index contributed by atoms with van der Waals surface area (Å²) in [4.78, 5) is 18.5. The maximum absolute atomic E-state index is 12.4. The van der Waals surface area contributed by atoms with Crippen LogP contribution < -0.4 is 5.73 Å². The van der Waals surface area contributed by atoms with Gasteiger partial charge >= 0.3 is 0 Å². The fraction of sp³-hybridized carbons (Fsp3) is 0.571. The maximum atomic E-state index is 12.4. The number of carbonyl (C=O) groups is 1. The molecule has 1 aliphatic heterocycles. The monoisotopic (exact) mass is 247 g/mol. The van der Waals surface area contributed by atoms with Crippen LogP contribution in [0.2, 0.25) is 0 Å². The molecule has 1 aromatic heterocycles. The van der Waals surface area contributed by atoms with Crippen molar-refractivity contribution in [3.63, 3.8) is 0 Å². The molecule has 98 valence electrons. The van der Waals surface area contributed by atoms with E-state index in [2.05, 4.69) is 11.9 Å². The van der Waals surface area contributed by atoms with E-state index < -0.39 is 0 Å². The molecule has 1 unspecified atom stereocenters. The van der Waals surface area contributed by atoms with Gasteiger partial charge in [0, 0.05) is 18.8 Å². The van der Waals surface area contributed by atoms with Crippen LogP contribution >= 0.6 is 0 Å². The summed E-state index contributed by atoms with van der Waals surface area (Å²) in [6.45, 7) is 3.04. The molecule has 2 N–H and O–H groups in total. The topological polar surface area (TPSA) is 59.2 Å². The average molecular weight is 247 g/mol. The number of carbonyl (C=O) groups excluding carboxylic acids is 1. The van der Waals surface area contributed by atoms with E-state index in [4.69, 9.17) is 5.73 Å². The zero-order valence-electron chi connectivity index (χ0n) is 10.9. The van der Waals surface area contributed by atoms with E-state index in [0.717, 1.165) is 32.2 Å². The molecule has 0 aliphatic carbocycles. The molecule has 4 heteroatoms. The van der Waals surface area contributed by atoms with E-state index in [9.17, 15) is 4.79 Å². The van der Waals surface area contributed by atoms with Crippen LogP contribution in [0, 0.1) is 0 Å². The summed E-state index contributed by atoms with van der Waals surface area (Å²) in [6, 6.07) is 3.85. The lowest BCUT2D eigenvalue weighted by atomic mass is 9.97. The minimum Gasteiger partial charge on any atom is -0.384 e. The zero-order chi connectivity index (χ0) is 13.0. The third-order valence-electron chi connectivity index (χ3n) is 3.54. The fourth-order valence-electron chi connectivity index (χ4n) is 2.60. The number of nitrogens with two attached hydrogens (primary N) is 1. The van der Waals surface area contributed by atoms with Crippen LogP contribution in [0.4, 0.5) is 5.82 Å². The molecule has 0 bridgehead atoms. The van der Waals surface area contributed by atoms with Gasteiger partial charge in [-0.1, -0.05) is 13.3 Å². The molecule has 2 heterocycles. The van der Waals surface area contributed by atoms with Crippen LogP contribution in [0.15, 0.2) is 18.3 Å².